The Hall–Kier alpha value is -5.23. The lowest BCUT2D eigenvalue weighted by molar-refractivity contribution is -0.167. The van der Waals surface area contributed by atoms with Gasteiger partial charge in [0.05, 0.1) is 0 Å². The Kier molecular flexibility index (Phi) is 57.0. The minimum Gasteiger partial charge on any atom is -0.462 e. The molecule has 75 heavy (non-hydrogen) atoms. The number of carbonyl (C=O) groups excluding carboxylic acids is 3. The molecule has 0 amide bonds. The van der Waals surface area contributed by atoms with E-state index in [0.717, 1.165) is 135 Å². The van der Waals surface area contributed by atoms with Crippen LogP contribution in [0, 0.1) is 0 Å². The second-order valence-electron chi connectivity index (χ2n) is 18.8. The Balaban J connectivity index is 4.36. The number of hydrogen-bond acceptors (Lipinski definition) is 6. The van der Waals surface area contributed by atoms with Gasteiger partial charge in [-0.25, -0.2) is 0 Å². The molecule has 6 nitrogen and oxygen atoms in total. The van der Waals surface area contributed by atoms with Crippen molar-refractivity contribution >= 4 is 17.9 Å². The molecule has 1 unspecified atom stereocenters. The van der Waals surface area contributed by atoms with Crippen LogP contribution < -0.4 is 0 Å². The number of unbranched alkanes of at least 4 members (excludes halogenated alkanes) is 12. The Labute approximate surface area is 460 Å². The molecule has 0 aromatic carbocycles. The minimum atomic E-state index is -0.823. The Bertz CT molecular complexity index is 1750. The largest absolute Gasteiger partial charge is 0.462 e. The third kappa shape index (κ3) is 59.5. The summed E-state index contributed by atoms with van der Waals surface area (Å²) in [6, 6.07) is 0. The smallest absolute Gasteiger partial charge is 0.306 e. The Morgan fingerprint density at radius 2 is 0.520 bits per heavy atom. The lowest BCUT2D eigenvalue weighted by atomic mass is 10.1. The molecule has 0 N–H and O–H groups in total. The predicted molar refractivity (Wildman–Crippen MR) is 325 cm³/mol. The molecular weight excluding hydrogens is 925 g/mol. The first-order valence-electron chi connectivity index (χ1n) is 29.6. The SMILES string of the molecule is CC/C=C\C/C=C\C/C=C\C/C=C\C/C=C\C/C=C\C/C=C\C/C=C\C/C=C\C/C=C\CCCCC(=O)OCC(COC(=O)CCCCCCCCCCC)OC(=O)CCCC/C=C\C/C=C\C/C=C\C/C=C\CC. The van der Waals surface area contributed by atoms with E-state index < -0.39 is 6.10 Å². The summed E-state index contributed by atoms with van der Waals surface area (Å²) >= 11 is 0. The molecule has 0 aliphatic rings. The summed E-state index contributed by atoms with van der Waals surface area (Å²) in [6.07, 6.45) is 90.8. The van der Waals surface area contributed by atoms with Gasteiger partial charge in [-0.15, -0.1) is 0 Å². The van der Waals surface area contributed by atoms with Gasteiger partial charge in [-0.2, -0.15) is 0 Å². The molecule has 0 bridgehead atoms. The van der Waals surface area contributed by atoms with Crippen LogP contribution in [0.3, 0.4) is 0 Å². The minimum absolute atomic E-state index is 0.115. The van der Waals surface area contributed by atoms with Crippen molar-refractivity contribution in [3.05, 3.63) is 170 Å². The van der Waals surface area contributed by atoms with Gasteiger partial charge in [-0.3, -0.25) is 14.4 Å². The molecule has 0 spiro atoms. The maximum atomic E-state index is 12.8. The summed E-state index contributed by atoms with van der Waals surface area (Å²) in [4.78, 5) is 38.0. The maximum Gasteiger partial charge on any atom is 0.306 e. The second-order valence-corrected chi connectivity index (χ2v) is 18.8. The van der Waals surface area contributed by atoms with Gasteiger partial charge in [0.1, 0.15) is 13.2 Å². The highest BCUT2D eigenvalue weighted by Crippen LogP contribution is 2.13. The van der Waals surface area contributed by atoms with Crippen molar-refractivity contribution in [1.29, 1.82) is 0 Å². The van der Waals surface area contributed by atoms with E-state index in [2.05, 4.69) is 191 Å². The van der Waals surface area contributed by atoms with Crippen molar-refractivity contribution in [3.8, 4) is 0 Å². The highest BCUT2D eigenvalue weighted by atomic mass is 16.6. The van der Waals surface area contributed by atoms with Crippen LogP contribution in [0.25, 0.3) is 0 Å². The highest BCUT2D eigenvalue weighted by Gasteiger charge is 2.19. The molecule has 0 aliphatic heterocycles. The van der Waals surface area contributed by atoms with Crippen LogP contribution in [0.1, 0.15) is 226 Å². The topological polar surface area (TPSA) is 78.9 Å². The molecule has 418 valence electrons. The molecule has 0 radical (unpaired) electrons. The molecule has 0 aromatic rings. The second kappa shape index (κ2) is 61.3. The summed E-state index contributed by atoms with van der Waals surface area (Å²) in [6.45, 7) is 6.29. The first-order valence-corrected chi connectivity index (χ1v) is 29.6. The van der Waals surface area contributed by atoms with Crippen LogP contribution in [0.15, 0.2) is 170 Å². The van der Waals surface area contributed by atoms with Gasteiger partial charge in [0, 0.05) is 19.3 Å². The Morgan fingerprint density at radius 1 is 0.280 bits per heavy atom. The van der Waals surface area contributed by atoms with E-state index >= 15 is 0 Å². The number of esters is 3. The average Bonchev–Trinajstić information content (AvgIpc) is 3.41. The van der Waals surface area contributed by atoms with Crippen molar-refractivity contribution in [1.82, 2.24) is 0 Å². The molecule has 0 saturated carbocycles. The lowest BCUT2D eigenvalue weighted by Gasteiger charge is -2.18. The van der Waals surface area contributed by atoms with Crippen LogP contribution in [-0.2, 0) is 28.6 Å². The first kappa shape index (κ1) is 69.8. The van der Waals surface area contributed by atoms with Gasteiger partial charge in [0.2, 0.25) is 0 Å². The van der Waals surface area contributed by atoms with Gasteiger partial charge in [-0.05, 0) is 135 Å². The van der Waals surface area contributed by atoms with E-state index in [1.165, 1.54) is 38.5 Å². The number of ether oxygens (including phenoxy) is 3. The summed E-state index contributed by atoms with van der Waals surface area (Å²) in [7, 11) is 0. The van der Waals surface area contributed by atoms with Crippen molar-refractivity contribution in [2.45, 2.75) is 232 Å². The molecule has 1 atom stereocenters. The van der Waals surface area contributed by atoms with Gasteiger partial charge in [0.15, 0.2) is 6.10 Å². The van der Waals surface area contributed by atoms with Crippen LogP contribution in [0.5, 0.6) is 0 Å². The number of allylic oxidation sites excluding steroid dienone is 28. The number of rotatable bonds is 51. The zero-order valence-electron chi connectivity index (χ0n) is 47.7. The van der Waals surface area contributed by atoms with Crippen LogP contribution >= 0.6 is 0 Å². The quantitative estimate of drug-likeness (QED) is 0.0261. The fourth-order valence-electron chi connectivity index (χ4n) is 7.34. The van der Waals surface area contributed by atoms with Gasteiger partial charge in [-0.1, -0.05) is 242 Å². The molecule has 0 rings (SSSR count). The third-order valence-electron chi connectivity index (χ3n) is 11.7. The summed E-state index contributed by atoms with van der Waals surface area (Å²) in [5.74, 6) is -1.02. The van der Waals surface area contributed by atoms with E-state index in [1.54, 1.807) is 0 Å². The van der Waals surface area contributed by atoms with E-state index in [1.807, 2.05) is 0 Å². The van der Waals surface area contributed by atoms with Crippen molar-refractivity contribution in [3.63, 3.8) is 0 Å². The standard InChI is InChI=1S/C69H106O6/c1-4-7-10-13-16-19-21-23-25-26-27-28-29-30-31-32-33-34-35-36-37-38-39-40-41-42-44-45-47-50-53-56-59-62-68(71)74-65-66(64-73-67(70)61-58-55-52-49-18-15-12-9-6-3)75-69(72)63-60-57-54-51-48-46-43-24-22-20-17-14-11-8-5-2/h7-8,10-11,16-17,19-20,23-25,27-28,30-31,33-34,36-37,39-40,42-44,47-48,50-51,66H,4-6,9,12-15,18,21-22,26,29,32,35,38,41,45-46,49,52-65H2,1-3H3/b10-7-,11-8-,19-16-,20-17-,25-23-,28-27-,31-30-,34-33-,37-36-,40-39-,43-24-,44-42-,50-47-,51-48-. The van der Waals surface area contributed by atoms with E-state index in [9.17, 15) is 14.4 Å². The fourth-order valence-corrected chi connectivity index (χ4v) is 7.34. The molecule has 6 heteroatoms. The lowest BCUT2D eigenvalue weighted by Crippen LogP contribution is -2.30. The highest BCUT2D eigenvalue weighted by molar-refractivity contribution is 5.71. The Morgan fingerprint density at radius 3 is 0.813 bits per heavy atom. The first-order chi connectivity index (χ1) is 37.0. The summed E-state index contributed by atoms with van der Waals surface area (Å²) < 4.78 is 16.7. The van der Waals surface area contributed by atoms with Crippen molar-refractivity contribution < 1.29 is 28.6 Å². The molecule has 0 aliphatic carbocycles. The fraction of sp³-hybridized carbons (Fsp3) is 0.551. The van der Waals surface area contributed by atoms with Crippen LogP contribution in [-0.4, -0.2) is 37.2 Å². The van der Waals surface area contributed by atoms with E-state index in [0.29, 0.717) is 19.3 Å². The van der Waals surface area contributed by atoms with Gasteiger partial charge < -0.3 is 14.2 Å². The van der Waals surface area contributed by atoms with Crippen molar-refractivity contribution in [2.75, 3.05) is 13.2 Å². The normalized spacial score (nSPS) is 13.4. The average molecular weight is 1030 g/mol. The van der Waals surface area contributed by atoms with E-state index in [-0.39, 0.29) is 44.0 Å². The molecule has 0 aromatic heterocycles. The summed E-state index contributed by atoms with van der Waals surface area (Å²) in [5.41, 5.74) is 0. The van der Waals surface area contributed by atoms with Gasteiger partial charge in [0.25, 0.3) is 0 Å². The monoisotopic (exact) mass is 1030 g/mol. The van der Waals surface area contributed by atoms with Crippen molar-refractivity contribution in [2.24, 2.45) is 0 Å². The van der Waals surface area contributed by atoms with E-state index in [4.69, 9.17) is 14.2 Å². The molecule has 0 saturated heterocycles. The van der Waals surface area contributed by atoms with Crippen LogP contribution in [0.4, 0.5) is 0 Å². The molecule has 0 heterocycles. The summed E-state index contributed by atoms with van der Waals surface area (Å²) in [5, 5.41) is 0. The van der Waals surface area contributed by atoms with Gasteiger partial charge >= 0.3 is 17.9 Å². The maximum absolute atomic E-state index is 12.8. The predicted octanol–water partition coefficient (Wildman–Crippen LogP) is 20.3. The zero-order valence-corrected chi connectivity index (χ0v) is 47.7. The molecule has 0 fully saturated rings. The third-order valence-corrected chi connectivity index (χ3v) is 11.7. The number of carbonyl (C=O) groups is 3. The number of hydrogen-bond donors (Lipinski definition) is 0. The van der Waals surface area contributed by atoms with Crippen LogP contribution in [0.2, 0.25) is 0 Å². The molecular formula is C69H106O6. The zero-order chi connectivity index (χ0) is 54.3.